The van der Waals surface area contributed by atoms with Crippen LogP contribution in [0, 0.1) is 27.7 Å². The van der Waals surface area contributed by atoms with Gasteiger partial charge in [-0.05, 0) is 49.9 Å². The number of nitrogens with one attached hydrogen (secondary N) is 1. The Labute approximate surface area is 85.1 Å². The highest BCUT2D eigenvalue weighted by molar-refractivity contribution is 6.18. The van der Waals surface area contributed by atoms with E-state index in [0.717, 1.165) is 0 Å². The zero-order valence-electron chi connectivity index (χ0n) is 8.66. The number of anilines is 1. The van der Waals surface area contributed by atoms with Crippen LogP contribution in [-0.2, 0) is 0 Å². The topological polar surface area (TPSA) is 12.0 Å². The minimum absolute atomic E-state index is 0.463. The Hall–Kier alpha value is -0.690. The van der Waals surface area contributed by atoms with Gasteiger partial charge in [0.05, 0.1) is 6.00 Å². The predicted molar refractivity (Wildman–Crippen MR) is 59.7 cm³/mol. The van der Waals surface area contributed by atoms with Crippen molar-refractivity contribution in [3.63, 3.8) is 0 Å². The van der Waals surface area contributed by atoms with Gasteiger partial charge in [0, 0.05) is 5.69 Å². The summed E-state index contributed by atoms with van der Waals surface area (Å²) in [4.78, 5) is 0. The summed E-state index contributed by atoms with van der Waals surface area (Å²) in [6, 6.07) is 2.68. The van der Waals surface area contributed by atoms with Gasteiger partial charge in [0.2, 0.25) is 0 Å². The first-order valence-electron chi connectivity index (χ1n) is 4.45. The van der Waals surface area contributed by atoms with Gasteiger partial charge in [0.1, 0.15) is 0 Å². The van der Waals surface area contributed by atoms with Gasteiger partial charge in [-0.2, -0.15) is 0 Å². The molecule has 0 unspecified atom stereocenters. The van der Waals surface area contributed by atoms with Gasteiger partial charge in [-0.25, -0.2) is 0 Å². The van der Waals surface area contributed by atoms with E-state index < -0.39 is 0 Å². The SMILES string of the molecule is Cc1cc(C)c(C)c(NCCl)c1C. The summed E-state index contributed by atoms with van der Waals surface area (Å²) in [6.07, 6.45) is 0. The summed E-state index contributed by atoms with van der Waals surface area (Å²) in [5, 5.41) is 3.19. The Bertz CT molecular complexity index is 292. The van der Waals surface area contributed by atoms with Gasteiger partial charge in [0.15, 0.2) is 0 Å². The van der Waals surface area contributed by atoms with Gasteiger partial charge >= 0.3 is 0 Å². The van der Waals surface area contributed by atoms with Crippen LogP contribution < -0.4 is 5.32 Å². The van der Waals surface area contributed by atoms with E-state index in [1.807, 2.05) is 0 Å². The fraction of sp³-hybridized carbons (Fsp3) is 0.455. The molecule has 1 aromatic carbocycles. The van der Waals surface area contributed by atoms with E-state index >= 15 is 0 Å². The lowest BCUT2D eigenvalue weighted by molar-refractivity contribution is 1.22. The van der Waals surface area contributed by atoms with Crippen molar-refractivity contribution in [1.29, 1.82) is 0 Å². The Balaban J connectivity index is 3.28. The standard InChI is InChI=1S/C11H16ClN/c1-7-5-8(2)10(4)11(9(7)3)13-6-12/h5,13H,6H2,1-4H3. The van der Waals surface area contributed by atoms with Crippen molar-refractivity contribution >= 4 is 17.3 Å². The molecule has 0 aliphatic heterocycles. The van der Waals surface area contributed by atoms with E-state index in [2.05, 4.69) is 39.1 Å². The van der Waals surface area contributed by atoms with Crippen LogP contribution in [0.15, 0.2) is 6.07 Å². The highest BCUT2D eigenvalue weighted by atomic mass is 35.5. The largest absolute Gasteiger partial charge is 0.371 e. The van der Waals surface area contributed by atoms with Gasteiger partial charge < -0.3 is 5.32 Å². The molecule has 0 spiro atoms. The second-order valence-corrected chi connectivity index (χ2v) is 3.71. The van der Waals surface area contributed by atoms with E-state index in [0.29, 0.717) is 6.00 Å². The van der Waals surface area contributed by atoms with Crippen LogP contribution in [0.1, 0.15) is 22.3 Å². The van der Waals surface area contributed by atoms with E-state index in [9.17, 15) is 0 Å². The van der Waals surface area contributed by atoms with E-state index in [1.165, 1.54) is 27.9 Å². The Morgan fingerprint density at radius 1 is 1.08 bits per heavy atom. The maximum atomic E-state index is 5.67. The molecule has 0 aromatic heterocycles. The molecule has 1 rings (SSSR count). The van der Waals surface area contributed by atoms with Crippen LogP contribution in [0.4, 0.5) is 5.69 Å². The molecular weight excluding hydrogens is 182 g/mol. The minimum atomic E-state index is 0.463. The molecule has 0 radical (unpaired) electrons. The molecule has 1 N–H and O–H groups in total. The monoisotopic (exact) mass is 197 g/mol. The summed E-state index contributed by atoms with van der Waals surface area (Å²) in [5.41, 5.74) is 6.41. The Kier molecular flexibility index (Phi) is 3.21. The third kappa shape index (κ3) is 1.97. The maximum Gasteiger partial charge on any atom is 0.0901 e. The molecule has 0 saturated carbocycles. The van der Waals surface area contributed by atoms with Crippen molar-refractivity contribution in [2.45, 2.75) is 27.7 Å². The molecule has 2 heteroatoms. The van der Waals surface area contributed by atoms with Crippen molar-refractivity contribution in [3.05, 3.63) is 28.3 Å². The summed E-state index contributed by atoms with van der Waals surface area (Å²) >= 11 is 5.67. The molecule has 1 nitrogen and oxygen atoms in total. The van der Waals surface area contributed by atoms with Gasteiger partial charge in [-0.1, -0.05) is 6.07 Å². The zero-order valence-corrected chi connectivity index (χ0v) is 9.42. The Morgan fingerprint density at radius 3 is 1.92 bits per heavy atom. The quantitative estimate of drug-likeness (QED) is 0.565. The van der Waals surface area contributed by atoms with Crippen molar-refractivity contribution in [1.82, 2.24) is 0 Å². The smallest absolute Gasteiger partial charge is 0.0901 e. The molecule has 0 heterocycles. The highest BCUT2D eigenvalue weighted by Gasteiger charge is 2.06. The molecule has 13 heavy (non-hydrogen) atoms. The van der Waals surface area contributed by atoms with Crippen LogP contribution in [0.25, 0.3) is 0 Å². The zero-order chi connectivity index (χ0) is 10.0. The average Bonchev–Trinajstić information content (AvgIpc) is 2.09. The fourth-order valence-electron chi connectivity index (χ4n) is 1.55. The normalized spacial score (nSPS) is 10.2. The van der Waals surface area contributed by atoms with Crippen LogP contribution in [-0.4, -0.2) is 6.00 Å². The summed E-state index contributed by atoms with van der Waals surface area (Å²) in [6.45, 7) is 8.50. The van der Waals surface area contributed by atoms with Crippen LogP contribution in [0.2, 0.25) is 0 Å². The number of hydrogen-bond donors (Lipinski definition) is 1. The third-order valence-corrected chi connectivity index (χ3v) is 2.74. The van der Waals surface area contributed by atoms with Crippen molar-refractivity contribution < 1.29 is 0 Å². The first kappa shape index (κ1) is 10.4. The van der Waals surface area contributed by atoms with Gasteiger partial charge in [0.25, 0.3) is 0 Å². The third-order valence-electron chi connectivity index (χ3n) is 2.61. The highest BCUT2D eigenvalue weighted by Crippen LogP contribution is 2.26. The average molecular weight is 198 g/mol. The van der Waals surface area contributed by atoms with E-state index in [4.69, 9.17) is 11.6 Å². The van der Waals surface area contributed by atoms with E-state index in [1.54, 1.807) is 0 Å². The molecule has 0 saturated heterocycles. The second-order valence-electron chi connectivity index (χ2n) is 3.45. The molecular formula is C11H16ClN. The first-order chi connectivity index (χ1) is 6.07. The van der Waals surface area contributed by atoms with E-state index in [-0.39, 0.29) is 0 Å². The molecule has 0 aliphatic carbocycles. The van der Waals surface area contributed by atoms with Crippen LogP contribution in [0.3, 0.4) is 0 Å². The minimum Gasteiger partial charge on any atom is -0.371 e. The van der Waals surface area contributed by atoms with Gasteiger partial charge in [-0.15, -0.1) is 11.6 Å². The molecule has 0 atom stereocenters. The van der Waals surface area contributed by atoms with Crippen molar-refractivity contribution in [3.8, 4) is 0 Å². The van der Waals surface area contributed by atoms with Gasteiger partial charge in [-0.3, -0.25) is 0 Å². The van der Waals surface area contributed by atoms with Crippen molar-refractivity contribution in [2.24, 2.45) is 0 Å². The molecule has 1 aromatic rings. The maximum absolute atomic E-state index is 5.67. The molecule has 72 valence electrons. The lowest BCUT2D eigenvalue weighted by Crippen LogP contribution is -2.02. The van der Waals surface area contributed by atoms with Crippen molar-refractivity contribution in [2.75, 3.05) is 11.3 Å². The Morgan fingerprint density at radius 2 is 1.54 bits per heavy atom. The molecule has 0 bridgehead atoms. The number of alkyl halides is 1. The number of benzene rings is 1. The predicted octanol–water partition coefficient (Wildman–Crippen LogP) is 3.53. The summed E-state index contributed by atoms with van der Waals surface area (Å²) in [5.74, 6) is 0. The number of rotatable bonds is 2. The summed E-state index contributed by atoms with van der Waals surface area (Å²) < 4.78 is 0. The summed E-state index contributed by atoms with van der Waals surface area (Å²) in [7, 11) is 0. The lowest BCUT2D eigenvalue weighted by Gasteiger charge is -2.15. The molecule has 0 aliphatic rings. The number of halogens is 1. The second kappa shape index (κ2) is 4.01. The van der Waals surface area contributed by atoms with Crippen LogP contribution in [0.5, 0.6) is 0 Å². The first-order valence-corrected chi connectivity index (χ1v) is 4.98. The van der Waals surface area contributed by atoms with Crippen LogP contribution >= 0.6 is 11.6 Å². The molecule has 0 fully saturated rings. The number of hydrogen-bond acceptors (Lipinski definition) is 1. The fourth-order valence-corrected chi connectivity index (χ4v) is 1.68. The number of aryl methyl sites for hydroxylation is 2. The lowest BCUT2D eigenvalue weighted by atomic mass is 9.99. The molecule has 0 amide bonds.